The van der Waals surface area contributed by atoms with Gasteiger partial charge in [0.1, 0.15) is 6.33 Å². The Bertz CT molecular complexity index is 2040. The van der Waals surface area contributed by atoms with Gasteiger partial charge >= 0.3 is 0 Å². The van der Waals surface area contributed by atoms with Gasteiger partial charge < -0.3 is 4.57 Å². The first-order chi connectivity index (χ1) is 16.4. The largest absolute Gasteiger partial charge is 0.309 e. The molecule has 4 heterocycles. The maximum absolute atomic E-state index is 4.57. The van der Waals surface area contributed by atoms with E-state index < -0.39 is 0 Å². The number of rotatable bonds is 1. The summed E-state index contributed by atoms with van der Waals surface area (Å²) >= 11 is 3.64. The zero-order chi connectivity index (χ0) is 21.5. The van der Waals surface area contributed by atoms with Crippen LogP contribution in [0.15, 0.2) is 91.4 Å². The van der Waals surface area contributed by atoms with Crippen LogP contribution in [-0.2, 0) is 0 Å². The fourth-order valence-electron chi connectivity index (χ4n) is 5.16. The fraction of sp³-hybridized carbons (Fsp3) is 0. The normalized spacial score (nSPS) is 12.2. The summed E-state index contributed by atoms with van der Waals surface area (Å²) in [6, 6.07) is 28.7. The first-order valence-corrected chi connectivity index (χ1v) is 12.5. The summed E-state index contributed by atoms with van der Waals surface area (Å²) in [7, 11) is 0. The highest BCUT2D eigenvalue weighted by Crippen LogP contribution is 2.43. The minimum absolute atomic E-state index is 1.04. The van der Waals surface area contributed by atoms with Crippen LogP contribution in [0.1, 0.15) is 0 Å². The van der Waals surface area contributed by atoms with Crippen LogP contribution in [0.2, 0.25) is 0 Å². The molecule has 0 radical (unpaired) electrons. The van der Waals surface area contributed by atoms with Crippen LogP contribution >= 0.6 is 22.7 Å². The molecule has 0 aliphatic carbocycles. The number of hydrogen-bond donors (Lipinski definition) is 0. The molecular weight excluding hydrogens is 442 g/mol. The van der Waals surface area contributed by atoms with Crippen molar-refractivity contribution >= 4 is 85.0 Å². The first-order valence-electron chi connectivity index (χ1n) is 10.8. The van der Waals surface area contributed by atoms with Gasteiger partial charge in [-0.1, -0.05) is 36.4 Å². The molecule has 4 aromatic carbocycles. The minimum atomic E-state index is 1.04. The second kappa shape index (κ2) is 6.38. The Morgan fingerprint density at radius 3 is 2.45 bits per heavy atom. The monoisotopic (exact) mass is 457 g/mol. The highest BCUT2D eigenvalue weighted by molar-refractivity contribution is 7.26. The summed E-state index contributed by atoms with van der Waals surface area (Å²) in [6.07, 6.45) is 3.57. The lowest BCUT2D eigenvalue weighted by atomic mass is 10.1. The van der Waals surface area contributed by atoms with E-state index >= 15 is 0 Å². The van der Waals surface area contributed by atoms with Crippen molar-refractivity contribution in [3.05, 3.63) is 91.4 Å². The van der Waals surface area contributed by atoms with Crippen LogP contribution in [0, 0.1) is 0 Å². The molecule has 8 aromatic rings. The van der Waals surface area contributed by atoms with Gasteiger partial charge in [0.15, 0.2) is 0 Å². The molecular formula is C28H15N3S2. The zero-order valence-corrected chi connectivity index (χ0v) is 19.0. The van der Waals surface area contributed by atoms with Crippen LogP contribution < -0.4 is 0 Å². The van der Waals surface area contributed by atoms with Crippen LogP contribution in [-0.4, -0.2) is 14.5 Å². The highest BCUT2D eigenvalue weighted by atomic mass is 32.1. The van der Waals surface area contributed by atoms with Gasteiger partial charge in [-0.2, -0.15) is 0 Å². The van der Waals surface area contributed by atoms with Gasteiger partial charge in [-0.25, -0.2) is 9.97 Å². The van der Waals surface area contributed by atoms with Crippen LogP contribution in [0.4, 0.5) is 0 Å². The Hall–Kier alpha value is -3.80. The third-order valence-electron chi connectivity index (χ3n) is 6.56. The van der Waals surface area contributed by atoms with Crippen molar-refractivity contribution in [1.29, 1.82) is 0 Å². The number of nitrogens with zero attached hydrogens (tertiary/aromatic N) is 3. The lowest BCUT2D eigenvalue weighted by Crippen LogP contribution is -1.93. The molecule has 0 amide bonds. The Labute approximate surface area is 196 Å². The third kappa shape index (κ3) is 2.33. The summed E-state index contributed by atoms with van der Waals surface area (Å²) in [5, 5.41) is 6.41. The van der Waals surface area contributed by atoms with E-state index in [1.807, 2.05) is 17.5 Å². The molecule has 0 saturated carbocycles. The van der Waals surface area contributed by atoms with Crippen molar-refractivity contribution in [3.63, 3.8) is 0 Å². The van der Waals surface area contributed by atoms with E-state index in [0.29, 0.717) is 0 Å². The average molecular weight is 458 g/mol. The van der Waals surface area contributed by atoms with Crippen LogP contribution in [0.5, 0.6) is 0 Å². The summed E-state index contributed by atoms with van der Waals surface area (Å²) in [5.41, 5.74) is 4.68. The lowest BCUT2D eigenvalue weighted by molar-refractivity contribution is 1.19. The number of fused-ring (bicyclic) bond motifs is 10. The molecule has 3 nitrogen and oxygen atoms in total. The number of para-hydroxylation sites is 1. The molecule has 8 rings (SSSR count). The molecule has 0 unspecified atom stereocenters. The molecule has 33 heavy (non-hydrogen) atoms. The van der Waals surface area contributed by atoms with Crippen LogP contribution in [0.3, 0.4) is 0 Å². The number of thiophene rings is 2. The predicted molar refractivity (Wildman–Crippen MR) is 142 cm³/mol. The van der Waals surface area contributed by atoms with E-state index in [9.17, 15) is 0 Å². The van der Waals surface area contributed by atoms with Crippen molar-refractivity contribution in [2.75, 3.05) is 0 Å². The highest BCUT2D eigenvalue weighted by Gasteiger charge is 2.18. The topological polar surface area (TPSA) is 30.7 Å². The average Bonchev–Trinajstić information content (AvgIpc) is 3.52. The van der Waals surface area contributed by atoms with Crippen molar-refractivity contribution in [3.8, 4) is 5.69 Å². The van der Waals surface area contributed by atoms with Gasteiger partial charge in [0.25, 0.3) is 0 Å². The maximum Gasteiger partial charge on any atom is 0.116 e. The quantitative estimate of drug-likeness (QED) is 0.248. The second-order valence-electron chi connectivity index (χ2n) is 8.31. The van der Waals surface area contributed by atoms with Gasteiger partial charge in [-0.3, -0.25) is 0 Å². The Morgan fingerprint density at radius 2 is 1.48 bits per heavy atom. The Morgan fingerprint density at radius 1 is 0.636 bits per heavy atom. The third-order valence-corrected chi connectivity index (χ3v) is 8.85. The van der Waals surface area contributed by atoms with Gasteiger partial charge in [0.05, 0.1) is 21.3 Å². The fourth-order valence-corrected chi connectivity index (χ4v) is 7.43. The number of benzene rings is 4. The van der Waals surface area contributed by atoms with Gasteiger partial charge in [-0.15, -0.1) is 22.7 Å². The zero-order valence-electron chi connectivity index (χ0n) is 17.3. The molecule has 0 aliphatic rings. The maximum atomic E-state index is 4.57. The predicted octanol–water partition coefficient (Wildman–Crippen LogP) is 8.31. The lowest BCUT2D eigenvalue weighted by Gasteiger charge is -2.08. The molecule has 0 N–H and O–H groups in total. The van der Waals surface area contributed by atoms with E-state index in [-0.39, 0.29) is 0 Å². The van der Waals surface area contributed by atoms with Crippen molar-refractivity contribution in [2.45, 2.75) is 0 Å². The van der Waals surface area contributed by atoms with Gasteiger partial charge in [0.2, 0.25) is 0 Å². The summed E-state index contributed by atoms with van der Waals surface area (Å²) < 4.78 is 7.47. The number of aromatic nitrogens is 3. The second-order valence-corrected chi connectivity index (χ2v) is 10.4. The van der Waals surface area contributed by atoms with Gasteiger partial charge in [-0.05, 0) is 42.5 Å². The van der Waals surface area contributed by atoms with Crippen molar-refractivity contribution < 1.29 is 0 Å². The number of hydrogen-bond acceptors (Lipinski definition) is 4. The molecule has 5 heteroatoms. The standard InChI is InChI=1S/C28H15N3S2/c1-3-7-21-18(6-1)26-22(11-10-19-27-25(33-28(19)26)14-29-15-30-27)31(21)16-9-12-24-20(13-16)17-5-2-4-8-23(17)32-24/h1-15H. The SMILES string of the molecule is c1ccc2c(c1)sc1ccc(-n3c4ccccc4c4c5sc6cncnc6c5ccc43)cc12. The Kier molecular flexibility index (Phi) is 3.42. The molecule has 0 atom stereocenters. The van der Waals surface area contributed by atoms with E-state index in [2.05, 4.69) is 93.4 Å². The minimum Gasteiger partial charge on any atom is -0.309 e. The molecule has 0 bridgehead atoms. The smallest absolute Gasteiger partial charge is 0.116 e. The van der Waals surface area contributed by atoms with E-state index in [1.54, 1.807) is 17.7 Å². The molecule has 0 aliphatic heterocycles. The Balaban J connectivity index is 1.53. The van der Waals surface area contributed by atoms with Crippen LogP contribution in [0.25, 0.3) is 68.0 Å². The van der Waals surface area contributed by atoms with E-state index in [4.69, 9.17) is 0 Å². The molecule has 4 aromatic heterocycles. The first kappa shape index (κ1) is 17.7. The van der Waals surface area contributed by atoms with Gasteiger partial charge in [0, 0.05) is 52.9 Å². The van der Waals surface area contributed by atoms with E-state index in [0.717, 1.165) is 10.2 Å². The summed E-state index contributed by atoms with van der Waals surface area (Å²) in [5.74, 6) is 0. The molecule has 0 fully saturated rings. The molecule has 154 valence electrons. The van der Waals surface area contributed by atoms with E-state index in [1.165, 1.54) is 57.8 Å². The molecule has 0 saturated heterocycles. The van der Waals surface area contributed by atoms with Crippen molar-refractivity contribution in [1.82, 2.24) is 14.5 Å². The summed E-state index contributed by atoms with van der Waals surface area (Å²) in [6.45, 7) is 0. The summed E-state index contributed by atoms with van der Waals surface area (Å²) in [4.78, 5) is 8.82. The van der Waals surface area contributed by atoms with Crippen molar-refractivity contribution in [2.24, 2.45) is 0 Å². The molecule has 0 spiro atoms.